The zero-order chi connectivity index (χ0) is 22.4. The van der Waals surface area contributed by atoms with Crippen LogP contribution in [0.4, 0.5) is 18.3 Å². The van der Waals surface area contributed by atoms with Crippen molar-refractivity contribution in [3.63, 3.8) is 0 Å². The molecule has 2 heterocycles. The number of carbonyl (C=O) groups is 2. The first-order chi connectivity index (χ1) is 14.7. The number of nitrogens with zero attached hydrogens (tertiary/aromatic N) is 3. The van der Waals surface area contributed by atoms with Crippen LogP contribution in [-0.2, 0) is 22.2 Å². The number of amides is 1. The van der Waals surface area contributed by atoms with E-state index in [2.05, 4.69) is 15.5 Å². The van der Waals surface area contributed by atoms with Gasteiger partial charge in [-0.3, -0.25) is 14.5 Å². The highest BCUT2D eigenvalue weighted by molar-refractivity contribution is 7.15. The second-order valence-corrected chi connectivity index (χ2v) is 8.35. The Bertz CT molecular complexity index is 926. The Morgan fingerprint density at radius 2 is 2.00 bits per heavy atom. The number of benzene rings is 1. The smallest absolute Gasteiger partial charge is 0.307 e. The minimum atomic E-state index is -4.60. The van der Waals surface area contributed by atoms with E-state index in [0.29, 0.717) is 24.2 Å². The Labute approximate surface area is 182 Å². The van der Waals surface area contributed by atoms with Crippen LogP contribution < -0.4 is 10.2 Å². The van der Waals surface area contributed by atoms with Crippen molar-refractivity contribution in [1.82, 2.24) is 15.5 Å². The van der Waals surface area contributed by atoms with E-state index in [0.717, 1.165) is 29.8 Å². The highest BCUT2D eigenvalue weighted by atomic mass is 32.1. The standard InChI is InChI=1S/C21H23F3N4O2S/c1-28(20-27-26-19(31-20)21(22,23)24)18(30)10-9-15(13-17(29)16-11-12-25-16)8-7-14-5-3-2-4-6-14/h2-6,9-10,15-16,25H,7-8,11-13H2,1H3/b10-9+/t15-,16-/m0/s1. The molecule has 0 saturated carbocycles. The number of hydrogen-bond acceptors (Lipinski definition) is 6. The maximum Gasteiger partial charge on any atom is 0.445 e. The summed E-state index contributed by atoms with van der Waals surface area (Å²) in [5.74, 6) is -0.579. The largest absolute Gasteiger partial charge is 0.445 e. The number of allylic oxidation sites excluding steroid dienone is 1. The summed E-state index contributed by atoms with van der Waals surface area (Å²) in [7, 11) is 1.34. The Hall–Kier alpha value is -2.59. The zero-order valence-electron chi connectivity index (χ0n) is 16.9. The predicted octanol–water partition coefficient (Wildman–Crippen LogP) is 3.65. The highest BCUT2D eigenvalue weighted by Gasteiger charge is 2.36. The minimum Gasteiger partial charge on any atom is -0.307 e. The summed E-state index contributed by atoms with van der Waals surface area (Å²) in [5.41, 5.74) is 1.13. The van der Waals surface area contributed by atoms with Gasteiger partial charge in [0, 0.05) is 13.5 Å². The van der Waals surface area contributed by atoms with Gasteiger partial charge in [0.2, 0.25) is 10.1 Å². The molecule has 31 heavy (non-hydrogen) atoms. The molecule has 0 bridgehead atoms. The van der Waals surface area contributed by atoms with Crippen molar-refractivity contribution in [2.45, 2.75) is 37.9 Å². The van der Waals surface area contributed by atoms with E-state index in [4.69, 9.17) is 0 Å². The Kier molecular flexibility index (Phi) is 7.55. The van der Waals surface area contributed by atoms with Crippen molar-refractivity contribution in [3.8, 4) is 0 Å². The van der Waals surface area contributed by atoms with Gasteiger partial charge in [0.1, 0.15) is 5.78 Å². The van der Waals surface area contributed by atoms with Crippen LogP contribution in [-0.4, -0.2) is 41.5 Å². The number of anilines is 1. The molecule has 0 aliphatic carbocycles. The fourth-order valence-corrected chi connectivity index (χ4v) is 3.80. The molecule has 10 heteroatoms. The van der Waals surface area contributed by atoms with Crippen LogP contribution in [0, 0.1) is 5.92 Å². The predicted molar refractivity (Wildman–Crippen MR) is 112 cm³/mol. The molecule has 1 N–H and O–H groups in total. The SMILES string of the molecule is CN(C(=O)/C=C/[C@H](CCc1ccccc1)CC(=O)[C@@H]1CCN1)c1nnc(C(F)(F)F)s1. The summed E-state index contributed by atoms with van der Waals surface area (Å²) in [6.07, 6.45) is 0.900. The average Bonchev–Trinajstić information content (AvgIpc) is 3.19. The molecule has 0 spiro atoms. The minimum absolute atomic E-state index is 0.105. The van der Waals surface area contributed by atoms with Gasteiger partial charge in [-0.25, -0.2) is 0 Å². The van der Waals surface area contributed by atoms with Crippen LogP contribution in [0.15, 0.2) is 42.5 Å². The fraction of sp³-hybridized carbons (Fsp3) is 0.429. The lowest BCUT2D eigenvalue weighted by Crippen LogP contribution is -2.48. The number of rotatable bonds is 9. The van der Waals surface area contributed by atoms with Crippen LogP contribution in [0.1, 0.15) is 29.8 Å². The van der Waals surface area contributed by atoms with Crippen molar-refractivity contribution in [1.29, 1.82) is 0 Å². The van der Waals surface area contributed by atoms with E-state index in [9.17, 15) is 22.8 Å². The normalized spacial score (nSPS) is 17.4. The van der Waals surface area contributed by atoms with Gasteiger partial charge in [-0.2, -0.15) is 13.2 Å². The Balaban J connectivity index is 1.65. The van der Waals surface area contributed by atoms with Gasteiger partial charge >= 0.3 is 6.18 Å². The third-order valence-electron chi connectivity index (χ3n) is 5.11. The number of halogens is 3. The molecule has 1 saturated heterocycles. The Morgan fingerprint density at radius 3 is 2.58 bits per heavy atom. The number of likely N-dealkylation sites (N-methyl/N-ethyl adjacent to an activating group) is 1. The topological polar surface area (TPSA) is 75.2 Å². The van der Waals surface area contributed by atoms with E-state index < -0.39 is 17.1 Å². The number of hydrogen-bond donors (Lipinski definition) is 1. The van der Waals surface area contributed by atoms with E-state index >= 15 is 0 Å². The quantitative estimate of drug-likeness (QED) is 0.588. The summed E-state index contributed by atoms with van der Waals surface area (Å²) in [4.78, 5) is 25.9. The molecule has 0 unspecified atom stereocenters. The van der Waals surface area contributed by atoms with E-state index in [1.165, 1.54) is 13.1 Å². The number of nitrogens with one attached hydrogen (secondary N) is 1. The van der Waals surface area contributed by atoms with Gasteiger partial charge in [0.15, 0.2) is 0 Å². The molecule has 1 aliphatic rings. The van der Waals surface area contributed by atoms with E-state index in [-0.39, 0.29) is 22.9 Å². The third kappa shape index (κ3) is 6.44. The lowest BCUT2D eigenvalue weighted by molar-refractivity contribution is -0.138. The molecule has 2 aromatic rings. The van der Waals surface area contributed by atoms with Crippen LogP contribution in [0.2, 0.25) is 0 Å². The molecular formula is C21H23F3N4O2S. The third-order valence-corrected chi connectivity index (χ3v) is 6.15. The van der Waals surface area contributed by atoms with Gasteiger partial charge in [-0.15, -0.1) is 10.2 Å². The summed E-state index contributed by atoms with van der Waals surface area (Å²) in [6, 6.07) is 9.69. The summed E-state index contributed by atoms with van der Waals surface area (Å²) in [5, 5.41) is 8.39. The zero-order valence-corrected chi connectivity index (χ0v) is 17.7. The summed E-state index contributed by atoms with van der Waals surface area (Å²) >= 11 is 0.305. The van der Waals surface area contributed by atoms with Gasteiger partial charge < -0.3 is 5.32 Å². The summed E-state index contributed by atoms with van der Waals surface area (Å²) in [6.45, 7) is 0.825. The number of aryl methyl sites for hydroxylation is 1. The Morgan fingerprint density at radius 1 is 1.29 bits per heavy atom. The van der Waals surface area contributed by atoms with Crippen LogP contribution in [0.5, 0.6) is 0 Å². The molecule has 2 atom stereocenters. The van der Waals surface area contributed by atoms with E-state index in [1.807, 2.05) is 30.3 Å². The van der Waals surface area contributed by atoms with Crippen molar-refractivity contribution in [2.24, 2.45) is 5.92 Å². The van der Waals surface area contributed by atoms with Crippen molar-refractivity contribution < 1.29 is 22.8 Å². The van der Waals surface area contributed by atoms with Crippen LogP contribution in [0.25, 0.3) is 0 Å². The van der Waals surface area contributed by atoms with Crippen LogP contribution >= 0.6 is 11.3 Å². The van der Waals surface area contributed by atoms with E-state index in [1.54, 1.807) is 6.08 Å². The monoisotopic (exact) mass is 452 g/mol. The lowest BCUT2D eigenvalue weighted by atomic mass is 9.89. The molecule has 0 radical (unpaired) electrons. The molecule has 1 aromatic carbocycles. The first-order valence-electron chi connectivity index (χ1n) is 9.90. The molecule has 1 aromatic heterocycles. The first kappa shape index (κ1) is 23.1. The molecule has 166 valence electrons. The average molecular weight is 453 g/mol. The second-order valence-electron chi connectivity index (χ2n) is 7.39. The van der Waals surface area contributed by atoms with Crippen molar-refractivity contribution in [2.75, 3.05) is 18.5 Å². The maximum absolute atomic E-state index is 12.7. The summed E-state index contributed by atoms with van der Waals surface area (Å²) < 4.78 is 38.2. The van der Waals surface area contributed by atoms with Gasteiger partial charge in [0.05, 0.1) is 6.04 Å². The number of alkyl halides is 3. The number of Topliss-reactive ketones (excluding diaryl/α,β-unsaturated/α-hetero) is 1. The number of aromatic nitrogens is 2. The molecular weight excluding hydrogens is 429 g/mol. The fourth-order valence-electron chi connectivity index (χ4n) is 3.12. The molecule has 1 fully saturated rings. The lowest BCUT2D eigenvalue weighted by Gasteiger charge is -2.27. The van der Waals surface area contributed by atoms with Crippen LogP contribution in [0.3, 0.4) is 0 Å². The highest BCUT2D eigenvalue weighted by Crippen LogP contribution is 2.34. The van der Waals surface area contributed by atoms with Crippen molar-refractivity contribution in [3.05, 3.63) is 53.1 Å². The first-order valence-corrected chi connectivity index (χ1v) is 10.7. The van der Waals surface area contributed by atoms with Gasteiger partial charge in [-0.1, -0.05) is 47.7 Å². The molecule has 1 amide bonds. The maximum atomic E-state index is 12.7. The number of ketones is 1. The molecule has 1 aliphatic heterocycles. The number of carbonyl (C=O) groups excluding carboxylic acids is 2. The second kappa shape index (κ2) is 10.1. The molecule has 6 nitrogen and oxygen atoms in total. The van der Waals surface area contributed by atoms with Crippen molar-refractivity contribution >= 4 is 28.2 Å². The molecule has 3 rings (SSSR count). The van der Waals surface area contributed by atoms with Gasteiger partial charge in [0.25, 0.3) is 5.91 Å². The van der Waals surface area contributed by atoms with Gasteiger partial charge in [-0.05, 0) is 43.4 Å².